The quantitative estimate of drug-likeness (QED) is 0.685. The Hall–Kier alpha value is -1.13. The summed E-state index contributed by atoms with van der Waals surface area (Å²) in [5.41, 5.74) is 1.14. The molecule has 0 spiro atoms. The van der Waals surface area contributed by atoms with E-state index in [1.54, 1.807) is 12.4 Å². The predicted octanol–water partition coefficient (Wildman–Crippen LogP) is 2.39. The van der Waals surface area contributed by atoms with Gasteiger partial charge in [0, 0.05) is 18.3 Å². The fourth-order valence-corrected chi connectivity index (χ4v) is 1.52. The molecule has 1 N–H and O–H groups in total. The third-order valence-corrected chi connectivity index (χ3v) is 2.40. The molecule has 0 aromatic carbocycles. The summed E-state index contributed by atoms with van der Waals surface area (Å²) in [5, 5.41) is 3.36. The number of nitrogens with zero attached hydrogens (tertiary/aromatic N) is 1. The molecule has 0 unspecified atom stereocenters. The van der Waals surface area contributed by atoms with Crippen molar-refractivity contribution < 1.29 is 9.47 Å². The molecule has 4 nitrogen and oxygen atoms in total. The number of nitrogens with one attached hydrogen (secondary N) is 1. The van der Waals surface area contributed by atoms with Crippen molar-refractivity contribution in [3.8, 4) is 5.75 Å². The third-order valence-electron chi connectivity index (χ3n) is 2.40. The van der Waals surface area contributed by atoms with Crippen LogP contribution in [0.3, 0.4) is 0 Å². The molecule has 4 heteroatoms. The first-order valence-electron chi connectivity index (χ1n) is 6.62. The Kier molecular flexibility index (Phi) is 7.37. The van der Waals surface area contributed by atoms with Crippen LogP contribution in [0.15, 0.2) is 18.5 Å². The van der Waals surface area contributed by atoms with Gasteiger partial charge in [0.1, 0.15) is 12.4 Å². The van der Waals surface area contributed by atoms with Crippen molar-refractivity contribution in [1.82, 2.24) is 10.3 Å². The molecule has 1 aromatic rings. The SMILES string of the molecule is CCCNCc1ccncc1OCCOC(C)C. The molecule has 0 bridgehead atoms. The van der Waals surface area contributed by atoms with Gasteiger partial charge in [0.05, 0.1) is 18.9 Å². The van der Waals surface area contributed by atoms with E-state index in [0.29, 0.717) is 13.2 Å². The lowest BCUT2D eigenvalue weighted by Gasteiger charge is -2.12. The van der Waals surface area contributed by atoms with Crippen molar-refractivity contribution in [2.24, 2.45) is 0 Å². The molecule has 0 saturated heterocycles. The van der Waals surface area contributed by atoms with E-state index in [4.69, 9.17) is 9.47 Å². The van der Waals surface area contributed by atoms with E-state index >= 15 is 0 Å². The zero-order valence-corrected chi connectivity index (χ0v) is 11.6. The highest BCUT2D eigenvalue weighted by molar-refractivity contribution is 5.29. The zero-order valence-electron chi connectivity index (χ0n) is 11.6. The van der Waals surface area contributed by atoms with E-state index in [1.165, 1.54) is 0 Å². The molecule has 0 amide bonds. The van der Waals surface area contributed by atoms with E-state index in [2.05, 4.69) is 17.2 Å². The van der Waals surface area contributed by atoms with Crippen molar-refractivity contribution in [2.75, 3.05) is 19.8 Å². The van der Waals surface area contributed by atoms with Gasteiger partial charge in [0.15, 0.2) is 0 Å². The van der Waals surface area contributed by atoms with Gasteiger partial charge >= 0.3 is 0 Å². The molecule has 0 radical (unpaired) electrons. The van der Waals surface area contributed by atoms with Gasteiger partial charge in [-0.15, -0.1) is 0 Å². The third kappa shape index (κ3) is 5.98. The van der Waals surface area contributed by atoms with Gasteiger partial charge in [0.25, 0.3) is 0 Å². The van der Waals surface area contributed by atoms with Crippen molar-refractivity contribution in [1.29, 1.82) is 0 Å². The van der Waals surface area contributed by atoms with Gasteiger partial charge in [-0.2, -0.15) is 0 Å². The number of ether oxygens (including phenoxy) is 2. The maximum absolute atomic E-state index is 5.69. The van der Waals surface area contributed by atoms with Crippen LogP contribution in [-0.4, -0.2) is 30.8 Å². The largest absolute Gasteiger partial charge is 0.489 e. The van der Waals surface area contributed by atoms with Crippen molar-refractivity contribution in [2.45, 2.75) is 39.8 Å². The Morgan fingerprint density at radius 1 is 1.33 bits per heavy atom. The first-order chi connectivity index (χ1) is 8.74. The van der Waals surface area contributed by atoms with Crippen LogP contribution in [0.1, 0.15) is 32.8 Å². The monoisotopic (exact) mass is 252 g/mol. The second kappa shape index (κ2) is 8.89. The average Bonchev–Trinajstić information content (AvgIpc) is 2.36. The molecule has 0 saturated carbocycles. The summed E-state index contributed by atoms with van der Waals surface area (Å²) in [4.78, 5) is 4.09. The molecule has 0 atom stereocenters. The van der Waals surface area contributed by atoms with Gasteiger partial charge in [-0.05, 0) is 32.9 Å². The van der Waals surface area contributed by atoms with Crippen LogP contribution in [0, 0.1) is 0 Å². The maximum Gasteiger partial charge on any atom is 0.142 e. The molecular formula is C14H24N2O2. The van der Waals surface area contributed by atoms with Crippen molar-refractivity contribution >= 4 is 0 Å². The normalized spacial score (nSPS) is 10.9. The minimum atomic E-state index is 0.244. The molecular weight excluding hydrogens is 228 g/mol. The molecule has 0 aliphatic carbocycles. The van der Waals surface area contributed by atoms with Crippen LogP contribution < -0.4 is 10.1 Å². The Balaban J connectivity index is 2.38. The zero-order chi connectivity index (χ0) is 13.2. The van der Waals surface area contributed by atoms with Crippen LogP contribution >= 0.6 is 0 Å². The fourth-order valence-electron chi connectivity index (χ4n) is 1.52. The minimum absolute atomic E-state index is 0.244. The summed E-state index contributed by atoms with van der Waals surface area (Å²) >= 11 is 0. The lowest BCUT2D eigenvalue weighted by Crippen LogP contribution is -2.16. The van der Waals surface area contributed by atoms with E-state index in [1.807, 2.05) is 19.9 Å². The first-order valence-corrected chi connectivity index (χ1v) is 6.62. The average molecular weight is 252 g/mol. The molecule has 1 heterocycles. The molecule has 102 valence electrons. The summed E-state index contributed by atoms with van der Waals surface area (Å²) < 4.78 is 11.1. The van der Waals surface area contributed by atoms with Gasteiger partial charge in [-0.25, -0.2) is 0 Å². The summed E-state index contributed by atoms with van der Waals surface area (Å²) in [6.07, 6.45) is 4.93. The highest BCUT2D eigenvalue weighted by atomic mass is 16.5. The molecule has 1 aromatic heterocycles. The lowest BCUT2D eigenvalue weighted by molar-refractivity contribution is 0.0549. The fraction of sp³-hybridized carbons (Fsp3) is 0.643. The van der Waals surface area contributed by atoms with Gasteiger partial charge in [-0.3, -0.25) is 4.98 Å². The van der Waals surface area contributed by atoms with Crippen molar-refractivity contribution in [3.05, 3.63) is 24.0 Å². The van der Waals surface area contributed by atoms with Crippen LogP contribution in [0.2, 0.25) is 0 Å². The minimum Gasteiger partial charge on any atom is -0.489 e. The van der Waals surface area contributed by atoms with E-state index in [9.17, 15) is 0 Å². The Bertz CT molecular complexity index is 329. The van der Waals surface area contributed by atoms with E-state index in [0.717, 1.165) is 30.8 Å². The summed E-state index contributed by atoms with van der Waals surface area (Å²) in [5.74, 6) is 0.841. The number of hydrogen-bond acceptors (Lipinski definition) is 4. The molecule has 0 fully saturated rings. The smallest absolute Gasteiger partial charge is 0.142 e. The van der Waals surface area contributed by atoms with Crippen LogP contribution in [0.5, 0.6) is 5.75 Å². The molecule has 18 heavy (non-hydrogen) atoms. The second-order valence-corrected chi connectivity index (χ2v) is 4.43. The Morgan fingerprint density at radius 2 is 2.17 bits per heavy atom. The van der Waals surface area contributed by atoms with Crippen LogP contribution in [0.25, 0.3) is 0 Å². The maximum atomic E-state index is 5.69. The standard InChI is InChI=1S/C14H24N2O2/c1-4-6-15-10-13-5-7-16-11-14(13)18-9-8-17-12(2)3/h5,7,11-12,15H,4,6,8-10H2,1-3H3. The Labute approximate surface area is 110 Å². The summed E-state index contributed by atoms with van der Waals surface area (Å²) in [6, 6.07) is 1.99. The number of pyridine rings is 1. The van der Waals surface area contributed by atoms with Crippen LogP contribution in [0.4, 0.5) is 0 Å². The molecule has 1 rings (SSSR count). The Morgan fingerprint density at radius 3 is 2.89 bits per heavy atom. The topological polar surface area (TPSA) is 43.4 Å². The van der Waals surface area contributed by atoms with E-state index < -0.39 is 0 Å². The van der Waals surface area contributed by atoms with Gasteiger partial charge in [0.2, 0.25) is 0 Å². The lowest BCUT2D eigenvalue weighted by atomic mass is 10.2. The first kappa shape index (κ1) is 14.9. The van der Waals surface area contributed by atoms with Crippen LogP contribution in [-0.2, 0) is 11.3 Å². The van der Waals surface area contributed by atoms with Gasteiger partial charge in [-0.1, -0.05) is 6.92 Å². The highest BCUT2D eigenvalue weighted by Gasteiger charge is 2.03. The molecule has 0 aliphatic rings. The second-order valence-electron chi connectivity index (χ2n) is 4.43. The number of aromatic nitrogens is 1. The summed E-state index contributed by atoms with van der Waals surface area (Å²) in [6.45, 7) is 9.18. The van der Waals surface area contributed by atoms with E-state index in [-0.39, 0.29) is 6.10 Å². The van der Waals surface area contributed by atoms with Crippen molar-refractivity contribution in [3.63, 3.8) is 0 Å². The number of hydrogen-bond donors (Lipinski definition) is 1. The highest BCUT2D eigenvalue weighted by Crippen LogP contribution is 2.15. The summed E-state index contributed by atoms with van der Waals surface area (Å²) in [7, 11) is 0. The molecule has 0 aliphatic heterocycles. The van der Waals surface area contributed by atoms with Gasteiger partial charge < -0.3 is 14.8 Å². The predicted molar refractivity (Wildman–Crippen MR) is 72.8 cm³/mol. The number of rotatable bonds is 9.